The lowest BCUT2D eigenvalue weighted by Crippen LogP contribution is -2.30. The van der Waals surface area contributed by atoms with Crippen LogP contribution in [-0.4, -0.2) is 26.9 Å². The molecule has 1 aromatic heterocycles. The lowest BCUT2D eigenvalue weighted by molar-refractivity contribution is 0.0745. The minimum absolute atomic E-state index is 0.111. The van der Waals surface area contributed by atoms with E-state index >= 15 is 0 Å². The van der Waals surface area contributed by atoms with Gasteiger partial charge in [-0.2, -0.15) is 0 Å². The highest BCUT2D eigenvalue weighted by molar-refractivity contribution is 5.94. The number of fused-ring (bicyclic) bond motifs is 1. The fourth-order valence-corrected chi connectivity index (χ4v) is 2.75. The van der Waals surface area contributed by atoms with Crippen LogP contribution in [0.15, 0.2) is 36.8 Å². The molecule has 0 atom stereocenters. The lowest BCUT2D eigenvalue weighted by atomic mass is 10.0. The number of aromatic nitrogens is 2. The fourth-order valence-electron chi connectivity index (χ4n) is 2.75. The number of benzene rings is 1. The molecule has 0 aliphatic carbocycles. The molecule has 0 saturated carbocycles. The Labute approximate surface area is 125 Å². The van der Waals surface area contributed by atoms with Crippen molar-refractivity contribution >= 4 is 5.91 Å². The minimum Gasteiger partial charge on any atom is -0.333 e. The largest absolute Gasteiger partial charge is 0.333 e. The van der Waals surface area contributed by atoms with Crippen LogP contribution >= 0.6 is 0 Å². The molecule has 21 heavy (non-hydrogen) atoms. The quantitative estimate of drug-likeness (QED) is 0.849. The van der Waals surface area contributed by atoms with Gasteiger partial charge >= 0.3 is 0 Å². The third kappa shape index (κ3) is 2.84. The number of nitrogens with zero attached hydrogens (tertiary/aromatic N) is 3. The molecule has 0 spiro atoms. The molecule has 0 N–H and O–H groups in total. The summed E-state index contributed by atoms with van der Waals surface area (Å²) in [5.41, 5.74) is 3.15. The van der Waals surface area contributed by atoms with Gasteiger partial charge in [-0.3, -0.25) is 4.79 Å². The van der Waals surface area contributed by atoms with Gasteiger partial charge in [0.1, 0.15) is 0 Å². The van der Waals surface area contributed by atoms with Gasteiger partial charge in [-0.1, -0.05) is 26.0 Å². The fraction of sp³-hybridized carbons (Fsp3) is 0.412. The summed E-state index contributed by atoms with van der Waals surface area (Å²) < 4.78 is 2.13. The monoisotopic (exact) mass is 283 g/mol. The second-order valence-corrected chi connectivity index (χ2v) is 5.94. The summed E-state index contributed by atoms with van der Waals surface area (Å²) in [5, 5.41) is 0. The normalized spacial score (nSPS) is 14.9. The zero-order valence-corrected chi connectivity index (χ0v) is 12.6. The molecule has 1 aliphatic rings. The van der Waals surface area contributed by atoms with Crippen LogP contribution in [0.4, 0.5) is 0 Å². The maximum Gasteiger partial charge on any atom is 0.254 e. The molecule has 0 radical (unpaired) electrons. The molecule has 3 rings (SSSR count). The predicted molar refractivity (Wildman–Crippen MR) is 82.1 cm³/mol. The number of amides is 1. The molecule has 1 aromatic carbocycles. The van der Waals surface area contributed by atoms with Gasteiger partial charge < -0.3 is 9.47 Å². The third-order valence-corrected chi connectivity index (χ3v) is 4.09. The Morgan fingerprint density at radius 3 is 2.67 bits per heavy atom. The van der Waals surface area contributed by atoms with Crippen molar-refractivity contribution in [2.75, 3.05) is 6.54 Å². The molecule has 4 heteroatoms. The average Bonchev–Trinajstić information content (AvgIpc) is 2.83. The van der Waals surface area contributed by atoms with Crippen molar-refractivity contribution in [1.82, 2.24) is 14.5 Å². The zero-order valence-electron chi connectivity index (χ0n) is 12.6. The van der Waals surface area contributed by atoms with Gasteiger partial charge in [-0.05, 0) is 30.0 Å². The van der Waals surface area contributed by atoms with E-state index in [1.807, 2.05) is 29.6 Å². The van der Waals surface area contributed by atoms with Crippen molar-refractivity contribution in [3.05, 3.63) is 53.6 Å². The van der Waals surface area contributed by atoms with E-state index in [4.69, 9.17) is 0 Å². The molecule has 0 bridgehead atoms. The molecule has 0 fully saturated rings. The molecule has 110 valence electrons. The number of imidazole rings is 1. The van der Waals surface area contributed by atoms with Crippen LogP contribution in [0.3, 0.4) is 0 Å². The maximum absolute atomic E-state index is 12.7. The Morgan fingerprint density at radius 1 is 1.19 bits per heavy atom. The third-order valence-electron chi connectivity index (χ3n) is 4.09. The number of hydrogen-bond donors (Lipinski definition) is 0. The van der Waals surface area contributed by atoms with E-state index in [9.17, 15) is 4.79 Å². The van der Waals surface area contributed by atoms with Gasteiger partial charge in [-0.25, -0.2) is 4.98 Å². The Kier molecular flexibility index (Phi) is 3.78. The smallest absolute Gasteiger partial charge is 0.254 e. The van der Waals surface area contributed by atoms with Gasteiger partial charge in [0.15, 0.2) is 0 Å². The molecule has 0 unspecified atom stereocenters. The maximum atomic E-state index is 12.7. The highest BCUT2D eigenvalue weighted by Gasteiger charge is 2.20. The summed E-state index contributed by atoms with van der Waals surface area (Å²) in [6.07, 6.45) is 4.67. The first-order valence-electron chi connectivity index (χ1n) is 7.53. The van der Waals surface area contributed by atoms with Crippen LogP contribution < -0.4 is 0 Å². The van der Waals surface area contributed by atoms with E-state index < -0.39 is 0 Å². The molecule has 1 amide bonds. The van der Waals surface area contributed by atoms with Crippen molar-refractivity contribution in [2.45, 2.75) is 39.3 Å². The molecular weight excluding hydrogens is 262 g/mol. The van der Waals surface area contributed by atoms with Gasteiger partial charge in [0, 0.05) is 24.8 Å². The average molecular weight is 283 g/mol. The van der Waals surface area contributed by atoms with Crippen LogP contribution in [0.1, 0.15) is 47.8 Å². The van der Waals surface area contributed by atoms with Crippen molar-refractivity contribution in [2.24, 2.45) is 0 Å². The Bertz CT molecular complexity index is 628. The van der Waals surface area contributed by atoms with Crippen LogP contribution in [0.5, 0.6) is 0 Å². The second kappa shape index (κ2) is 5.72. The highest BCUT2D eigenvalue weighted by Crippen LogP contribution is 2.18. The van der Waals surface area contributed by atoms with Crippen LogP contribution in [0, 0.1) is 0 Å². The Balaban J connectivity index is 1.78. The van der Waals surface area contributed by atoms with Gasteiger partial charge in [-0.15, -0.1) is 0 Å². The van der Waals surface area contributed by atoms with Crippen LogP contribution in [0.25, 0.3) is 0 Å². The standard InChI is InChI=1S/C17H21N3O/c1-13(2)14-4-6-15(7-5-14)17(21)19-8-3-9-20-12-18-10-16(20)11-19/h4-7,10,12-13H,3,8-9,11H2,1-2H3. The van der Waals surface area contributed by atoms with Gasteiger partial charge in [0.25, 0.3) is 5.91 Å². The first kappa shape index (κ1) is 13.9. The number of carbonyl (C=O) groups is 1. The molecule has 0 saturated heterocycles. The van der Waals surface area contributed by atoms with E-state index in [0.717, 1.165) is 30.8 Å². The SMILES string of the molecule is CC(C)c1ccc(C(=O)N2CCCn3cncc3C2)cc1. The van der Waals surface area contributed by atoms with Crippen molar-refractivity contribution in [3.63, 3.8) is 0 Å². The lowest BCUT2D eigenvalue weighted by Gasteiger charge is -2.20. The highest BCUT2D eigenvalue weighted by atomic mass is 16.2. The molecular formula is C17H21N3O. The van der Waals surface area contributed by atoms with Crippen molar-refractivity contribution in [3.8, 4) is 0 Å². The number of carbonyl (C=O) groups excluding carboxylic acids is 1. The second-order valence-electron chi connectivity index (χ2n) is 5.94. The van der Waals surface area contributed by atoms with Gasteiger partial charge in [0.2, 0.25) is 0 Å². The van der Waals surface area contributed by atoms with Crippen LogP contribution in [-0.2, 0) is 13.1 Å². The summed E-state index contributed by atoms with van der Waals surface area (Å²) in [5.74, 6) is 0.599. The van der Waals surface area contributed by atoms with Crippen LogP contribution in [0.2, 0.25) is 0 Å². The van der Waals surface area contributed by atoms with Crippen molar-refractivity contribution < 1.29 is 4.79 Å². The van der Waals surface area contributed by atoms with E-state index in [0.29, 0.717) is 12.5 Å². The number of hydrogen-bond acceptors (Lipinski definition) is 2. The molecule has 1 aliphatic heterocycles. The first-order valence-corrected chi connectivity index (χ1v) is 7.53. The summed E-state index contributed by atoms with van der Waals surface area (Å²) in [6.45, 7) is 6.70. The summed E-state index contributed by atoms with van der Waals surface area (Å²) in [6, 6.07) is 8.00. The molecule has 2 aromatic rings. The first-order chi connectivity index (χ1) is 10.1. The minimum atomic E-state index is 0.111. The predicted octanol–water partition coefficient (Wildman–Crippen LogP) is 3.05. The zero-order chi connectivity index (χ0) is 14.8. The Hall–Kier alpha value is -2.10. The summed E-state index contributed by atoms with van der Waals surface area (Å²) in [4.78, 5) is 18.8. The van der Waals surface area contributed by atoms with E-state index in [-0.39, 0.29) is 5.91 Å². The topological polar surface area (TPSA) is 38.1 Å². The molecule has 2 heterocycles. The van der Waals surface area contributed by atoms with E-state index in [2.05, 4.69) is 35.5 Å². The summed E-state index contributed by atoms with van der Waals surface area (Å²) in [7, 11) is 0. The van der Waals surface area contributed by atoms with E-state index in [1.165, 1.54) is 5.56 Å². The molecule has 4 nitrogen and oxygen atoms in total. The van der Waals surface area contributed by atoms with E-state index in [1.54, 1.807) is 0 Å². The number of rotatable bonds is 2. The number of aryl methyl sites for hydroxylation is 1. The van der Waals surface area contributed by atoms with Crippen molar-refractivity contribution in [1.29, 1.82) is 0 Å². The van der Waals surface area contributed by atoms with Gasteiger partial charge in [0.05, 0.1) is 18.6 Å². The Morgan fingerprint density at radius 2 is 1.95 bits per heavy atom. The summed E-state index contributed by atoms with van der Waals surface area (Å²) >= 11 is 0.